The quantitative estimate of drug-likeness (QED) is 0.453. The lowest BCUT2D eigenvalue weighted by Crippen LogP contribution is -2.45. The summed E-state index contributed by atoms with van der Waals surface area (Å²) >= 11 is 1.41. The van der Waals surface area contributed by atoms with Crippen LogP contribution in [0.3, 0.4) is 0 Å². The van der Waals surface area contributed by atoms with Crippen molar-refractivity contribution in [2.75, 3.05) is 48.8 Å². The minimum Gasteiger partial charge on any atom is -0.338 e. The lowest BCUT2D eigenvalue weighted by molar-refractivity contribution is -0.117. The molecule has 1 aromatic carbocycles. The number of carbonyl (C=O) groups is 1. The highest BCUT2D eigenvalue weighted by Gasteiger charge is 2.29. The zero-order valence-corrected chi connectivity index (χ0v) is 20.4. The third-order valence-electron chi connectivity index (χ3n) is 5.96. The van der Waals surface area contributed by atoms with Gasteiger partial charge in [0.2, 0.25) is 17.8 Å². The molecule has 11 nitrogen and oxygen atoms in total. The number of H-pyrrole nitrogens is 1. The van der Waals surface area contributed by atoms with E-state index in [1.165, 1.54) is 11.8 Å². The van der Waals surface area contributed by atoms with Gasteiger partial charge in [0, 0.05) is 42.7 Å². The van der Waals surface area contributed by atoms with Gasteiger partial charge in [0.15, 0.2) is 11.0 Å². The van der Waals surface area contributed by atoms with Gasteiger partial charge >= 0.3 is 0 Å². The normalized spacial score (nSPS) is 16.1. The maximum atomic E-state index is 12.0. The minimum absolute atomic E-state index is 0.0840. The number of aryl methyl sites for hydroxylation is 1. The summed E-state index contributed by atoms with van der Waals surface area (Å²) in [5.74, 6) is 1.53. The van der Waals surface area contributed by atoms with E-state index in [1.807, 2.05) is 24.3 Å². The Hall–Kier alpha value is -3.69. The molecule has 3 aromatic rings. The molecule has 1 saturated heterocycles. The smallest absolute Gasteiger partial charge is 0.234 e. The van der Waals surface area contributed by atoms with Gasteiger partial charge in [0.1, 0.15) is 11.6 Å². The van der Waals surface area contributed by atoms with Crippen molar-refractivity contribution in [1.82, 2.24) is 30.0 Å². The number of hydrogen-bond donors (Lipinski definition) is 3. The van der Waals surface area contributed by atoms with Gasteiger partial charge in [-0.15, -0.1) is 0 Å². The molecule has 2 aliphatic rings. The van der Waals surface area contributed by atoms with Gasteiger partial charge in [-0.25, -0.2) is 0 Å². The number of aromatic amines is 1. The van der Waals surface area contributed by atoms with Crippen LogP contribution in [0.5, 0.6) is 0 Å². The second kappa shape index (κ2) is 9.89. The van der Waals surface area contributed by atoms with Crippen molar-refractivity contribution < 1.29 is 4.79 Å². The summed E-state index contributed by atoms with van der Waals surface area (Å²) in [7, 11) is 2.10. The fraction of sp³-hybridized carbons (Fsp3) is 0.391. The van der Waals surface area contributed by atoms with Crippen molar-refractivity contribution in [3.63, 3.8) is 0 Å². The maximum Gasteiger partial charge on any atom is 0.234 e. The van der Waals surface area contributed by atoms with Crippen molar-refractivity contribution in [2.24, 2.45) is 5.92 Å². The van der Waals surface area contributed by atoms with Crippen molar-refractivity contribution in [3.8, 4) is 6.07 Å². The zero-order valence-electron chi connectivity index (χ0n) is 19.6. The Labute approximate surface area is 207 Å². The number of amides is 1. The first-order valence-corrected chi connectivity index (χ1v) is 12.3. The molecule has 180 valence electrons. The van der Waals surface area contributed by atoms with Gasteiger partial charge < -0.3 is 20.4 Å². The van der Waals surface area contributed by atoms with Crippen molar-refractivity contribution >= 4 is 41.1 Å². The highest BCUT2D eigenvalue weighted by Crippen LogP contribution is 2.32. The van der Waals surface area contributed by atoms with Gasteiger partial charge in [0.25, 0.3) is 0 Å². The summed E-state index contributed by atoms with van der Waals surface area (Å²) in [5.41, 5.74) is 1.87. The first-order chi connectivity index (χ1) is 17.0. The standard InChI is InChI=1S/C23H26N10OS/c1-14-18(13-24)19(31-30-14)26-21-27-22(33-11-9-32(2)10-12-33)29-23(28-21)35-17-7-5-16(6-8-17)25-20(34)15-3-4-15/h5-8,15H,3-4,9-12H2,1-2H3,(H,25,34)(H2,26,27,28,29,30,31). The Morgan fingerprint density at radius 3 is 2.57 bits per heavy atom. The summed E-state index contributed by atoms with van der Waals surface area (Å²) in [6, 6.07) is 9.79. The second-order valence-electron chi connectivity index (χ2n) is 8.73. The number of nitriles is 1. The van der Waals surface area contributed by atoms with Gasteiger partial charge in [0.05, 0.1) is 5.69 Å². The van der Waals surface area contributed by atoms with Gasteiger partial charge in [-0.1, -0.05) is 0 Å². The van der Waals surface area contributed by atoms with E-state index in [0.717, 1.165) is 49.6 Å². The van der Waals surface area contributed by atoms with Gasteiger partial charge in [-0.3, -0.25) is 9.89 Å². The van der Waals surface area contributed by atoms with E-state index in [-0.39, 0.29) is 11.8 Å². The predicted octanol–water partition coefficient (Wildman–Crippen LogP) is 2.77. The number of anilines is 4. The fourth-order valence-electron chi connectivity index (χ4n) is 3.66. The Morgan fingerprint density at radius 1 is 1.14 bits per heavy atom. The third kappa shape index (κ3) is 5.52. The molecule has 1 saturated carbocycles. The number of piperazine rings is 1. The lowest BCUT2D eigenvalue weighted by Gasteiger charge is -2.32. The molecule has 2 aromatic heterocycles. The number of aromatic nitrogens is 5. The summed E-state index contributed by atoms with van der Waals surface area (Å²) < 4.78 is 0. The van der Waals surface area contributed by atoms with Gasteiger partial charge in [-0.2, -0.15) is 25.3 Å². The predicted molar refractivity (Wildman–Crippen MR) is 133 cm³/mol. The van der Waals surface area contributed by atoms with Crippen LogP contribution in [-0.4, -0.2) is 69.2 Å². The zero-order chi connectivity index (χ0) is 24.4. The molecular formula is C23H26N10OS. The molecule has 1 aliphatic heterocycles. The molecule has 0 radical (unpaired) electrons. The molecule has 0 atom stereocenters. The Morgan fingerprint density at radius 2 is 1.89 bits per heavy atom. The van der Waals surface area contributed by atoms with Crippen molar-refractivity contribution in [3.05, 3.63) is 35.5 Å². The summed E-state index contributed by atoms with van der Waals surface area (Å²) in [5, 5.41) is 23.0. The van der Waals surface area contributed by atoms with E-state index >= 15 is 0 Å². The average molecular weight is 491 g/mol. The molecule has 0 spiro atoms. The Bertz CT molecular complexity index is 1260. The number of carbonyl (C=O) groups excluding carboxylic acids is 1. The number of rotatable bonds is 7. The second-order valence-corrected chi connectivity index (χ2v) is 9.77. The van der Waals surface area contributed by atoms with Crippen LogP contribution in [-0.2, 0) is 4.79 Å². The minimum atomic E-state index is 0.0840. The Balaban J connectivity index is 1.38. The number of nitrogens with zero attached hydrogens (tertiary/aromatic N) is 7. The van der Waals surface area contributed by atoms with Crippen LogP contribution >= 0.6 is 11.8 Å². The van der Waals surface area contributed by atoms with Crippen LogP contribution in [0.15, 0.2) is 34.3 Å². The van der Waals surface area contributed by atoms with E-state index in [0.29, 0.717) is 34.1 Å². The monoisotopic (exact) mass is 490 g/mol. The van der Waals surface area contributed by atoms with Crippen LogP contribution in [0, 0.1) is 24.2 Å². The van der Waals surface area contributed by atoms with Crippen molar-refractivity contribution in [2.45, 2.75) is 29.8 Å². The lowest BCUT2D eigenvalue weighted by atomic mass is 10.3. The largest absolute Gasteiger partial charge is 0.338 e. The summed E-state index contributed by atoms with van der Waals surface area (Å²) in [6.07, 6.45) is 1.94. The molecule has 12 heteroatoms. The molecule has 0 unspecified atom stereocenters. The van der Waals surface area contributed by atoms with E-state index in [2.05, 4.69) is 53.7 Å². The molecule has 3 N–H and O–H groups in total. The first kappa shape index (κ1) is 23.1. The number of hydrogen-bond acceptors (Lipinski definition) is 10. The molecule has 3 heterocycles. The molecule has 5 rings (SSSR count). The highest BCUT2D eigenvalue weighted by atomic mass is 32.2. The number of benzene rings is 1. The fourth-order valence-corrected chi connectivity index (χ4v) is 4.40. The Kier molecular flexibility index (Phi) is 6.52. The summed E-state index contributed by atoms with van der Waals surface area (Å²) in [4.78, 5) is 31.3. The number of nitrogens with one attached hydrogen (secondary N) is 3. The molecule has 35 heavy (non-hydrogen) atoms. The highest BCUT2D eigenvalue weighted by molar-refractivity contribution is 7.99. The van der Waals surface area contributed by atoms with Crippen molar-refractivity contribution in [1.29, 1.82) is 5.26 Å². The van der Waals surface area contributed by atoms with E-state index in [4.69, 9.17) is 4.98 Å². The van der Waals surface area contributed by atoms with E-state index < -0.39 is 0 Å². The van der Waals surface area contributed by atoms with Crippen LogP contribution < -0.4 is 15.5 Å². The molecule has 1 aliphatic carbocycles. The molecule has 2 fully saturated rings. The first-order valence-electron chi connectivity index (χ1n) is 11.5. The van der Waals surface area contributed by atoms with Crippen LogP contribution in [0.2, 0.25) is 0 Å². The number of likely N-dealkylation sites (N-methyl/N-ethyl adjacent to an activating group) is 1. The SMILES string of the molecule is Cc1[nH]nc(Nc2nc(Sc3ccc(NC(=O)C4CC4)cc3)nc(N3CCN(C)CC3)n2)c1C#N. The topological polar surface area (TPSA) is 139 Å². The maximum absolute atomic E-state index is 12.0. The average Bonchev–Trinajstić information content (AvgIpc) is 3.65. The molecule has 0 bridgehead atoms. The molecule has 1 amide bonds. The third-order valence-corrected chi connectivity index (χ3v) is 6.83. The van der Waals surface area contributed by atoms with Crippen LogP contribution in [0.1, 0.15) is 24.1 Å². The summed E-state index contributed by atoms with van der Waals surface area (Å²) in [6.45, 7) is 5.25. The van der Waals surface area contributed by atoms with Crippen LogP contribution in [0.25, 0.3) is 0 Å². The van der Waals surface area contributed by atoms with Crippen LogP contribution in [0.4, 0.5) is 23.4 Å². The molecular weight excluding hydrogens is 464 g/mol. The van der Waals surface area contributed by atoms with Gasteiger partial charge in [-0.05, 0) is 62.8 Å². The van der Waals surface area contributed by atoms with E-state index in [1.54, 1.807) is 6.92 Å². The van der Waals surface area contributed by atoms with E-state index in [9.17, 15) is 10.1 Å².